The van der Waals surface area contributed by atoms with Gasteiger partial charge in [-0.05, 0) is 43.4 Å². The molecule has 2 rings (SSSR count). The molecule has 2 atom stereocenters. The summed E-state index contributed by atoms with van der Waals surface area (Å²) in [7, 11) is 0. The molecule has 0 amide bonds. The number of aliphatic hydroxyl groups is 1. The average molecular weight is 237 g/mol. The molecule has 0 aromatic heterocycles. The van der Waals surface area contributed by atoms with E-state index in [0.717, 1.165) is 19.5 Å². The monoisotopic (exact) mass is 237 g/mol. The summed E-state index contributed by atoms with van der Waals surface area (Å²) >= 11 is 0. The van der Waals surface area contributed by atoms with Gasteiger partial charge in [0, 0.05) is 13.1 Å². The first-order chi connectivity index (χ1) is 8.08. The van der Waals surface area contributed by atoms with Crippen LogP contribution in [0.4, 0.5) is 10.1 Å². The molecule has 1 saturated heterocycles. The fourth-order valence-corrected chi connectivity index (χ4v) is 2.45. The van der Waals surface area contributed by atoms with Crippen molar-refractivity contribution >= 4 is 5.69 Å². The Balaban J connectivity index is 2.21. The molecule has 94 valence electrons. The predicted octanol–water partition coefficient (Wildman–Crippen LogP) is 3.12. The number of rotatable bonds is 2. The lowest BCUT2D eigenvalue weighted by Crippen LogP contribution is -2.34. The van der Waals surface area contributed by atoms with Crippen LogP contribution >= 0.6 is 0 Å². The summed E-state index contributed by atoms with van der Waals surface area (Å²) < 4.78 is 14.0. The van der Waals surface area contributed by atoms with Crippen LogP contribution in [0, 0.1) is 11.7 Å². The van der Waals surface area contributed by atoms with E-state index in [2.05, 4.69) is 11.8 Å². The van der Waals surface area contributed by atoms with Crippen molar-refractivity contribution in [1.82, 2.24) is 0 Å². The third-order valence-corrected chi connectivity index (χ3v) is 3.45. The molecule has 0 unspecified atom stereocenters. The quantitative estimate of drug-likeness (QED) is 0.854. The van der Waals surface area contributed by atoms with E-state index in [1.807, 2.05) is 6.07 Å². The topological polar surface area (TPSA) is 23.5 Å². The van der Waals surface area contributed by atoms with Crippen molar-refractivity contribution in [2.24, 2.45) is 5.92 Å². The number of aliphatic hydroxyl groups excluding tert-OH is 1. The van der Waals surface area contributed by atoms with Gasteiger partial charge in [-0.2, -0.15) is 0 Å². The fourth-order valence-electron chi connectivity index (χ4n) is 2.45. The molecule has 0 aliphatic carbocycles. The summed E-state index contributed by atoms with van der Waals surface area (Å²) in [5.41, 5.74) is 1.30. The SMILES string of the molecule is C[C@@H]1CCCN(c2ccc([C@H](C)O)cc2F)C1. The number of anilines is 1. The molecule has 1 aromatic carbocycles. The third-order valence-electron chi connectivity index (χ3n) is 3.45. The number of halogens is 1. The molecule has 0 bridgehead atoms. The van der Waals surface area contributed by atoms with Crippen LogP contribution in [0.15, 0.2) is 18.2 Å². The largest absolute Gasteiger partial charge is 0.389 e. The number of hydrogen-bond donors (Lipinski definition) is 1. The van der Waals surface area contributed by atoms with Crippen molar-refractivity contribution in [2.75, 3.05) is 18.0 Å². The third kappa shape index (κ3) is 2.78. The zero-order valence-electron chi connectivity index (χ0n) is 10.5. The fraction of sp³-hybridized carbons (Fsp3) is 0.571. The van der Waals surface area contributed by atoms with Gasteiger partial charge in [0.15, 0.2) is 0 Å². The number of piperidine rings is 1. The van der Waals surface area contributed by atoms with Gasteiger partial charge in [-0.1, -0.05) is 13.0 Å². The second-order valence-corrected chi connectivity index (χ2v) is 5.08. The van der Waals surface area contributed by atoms with Gasteiger partial charge in [0.1, 0.15) is 5.82 Å². The summed E-state index contributed by atoms with van der Waals surface area (Å²) in [6.45, 7) is 5.70. The molecule has 0 spiro atoms. The minimum absolute atomic E-state index is 0.225. The standard InChI is InChI=1S/C14H20FNO/c1-10-4-3-7-16(9-10)14-6-5-12(11(2)17)8-13(14)15/h5-6,8,10-11,17H,3-4,7,9H2,1-2H3/t10-,11+/m1/s1. The van der Waals surface area contributed by atoms with Gasteiger partial charge in [0.25, 0.3) is 0 Å². The minimum Gasteiger partial charge on any atom is -0.389 e. The van der Waals surface area contributed by atoms with E-state index in [0.29, 0.717) is 17.2 Å². The summed E-state index contributed by atoms with van der Waals surface area (Å²) in [6.07, 6.45) is 1.74. The lowest BCUT2D eigenvalue weighted by molar-refractivity contribution is 0.199. The van der Waals surface area contributed by atoms with E-state index in [1.54, 1.807) is 13.0 Å². The van der Waals surface area contributed by atoms with Crippen LogP contribution in [0.5, 0.6) is 0 Å². The van der Waals surface area contributed by atoms with Crippen molar-refractivity contribution in [1.29, 1.82) is 0 Å². The van der Waals surface area contributed by atoms with E-state index in [1.165, 1.54) is 12.5 Å². The van der Waals surface area contributed by atoms with Gasteiger partial charge in [-0.25, -0.2) is 4.39 Å². The summed E-state index contributed by atoms with van der Waals surface area (Å²) in [5, 5.41) is 9.41. The normalized spacial score (nSPS) is 22.6. The summed E-state index contributed by atoms with van der Waals surface area (Å²) in [6, 6.07) is 5.04. The first kappa shape index (κ1) is 12.4. The lowest BCUT2D eigenvalue weighted by Gasteiger charge is -2.33. The first-order valence-corrected chi connectivity index (χ1v) is 6.30. The Morgan fingerprint density at radius 3 is 2.82 bits per heavy atom. The Hall–Kier alpha value is -1.09. The maximum absolute atomic E-state index is 14.0. The number of nitrogens with zero attached hydrogens (tertiary/aromatic N) is 1. The minimum atomic E-state index is -0.612. The number of hydrogen-bond acceptors (Lipinski definition) is 2. The molecule has 3 heteroatoms. The van der Waals surface area contributed by atoms with Crippen LogP contribution in [0.25, 0.3) is 0 Å². The Kier molecular flexibility index (Phi) is 3.67. The van der Waals surface area contributed by atoms with Crippen molar-refractivity contribution in [2.45, 2.75) is 32.8 Å². The van der Waals surface area contributed by atoms with Crippen molar-refractivity contribution in [3.8, 4) is 0 Å². The van der Waals surface area contributed by atoms with Gasteiger partial charge < -0.3 is 10.0 Å². The van der Waals surface area contributed by atoms with Gasteiger partial charge in [0.2, 0.25) is 0 Å². The molecule has 1 heterocycles. The van der Waals surface area contributed by atoms with Crippen LogP contribution in [0.2, 0.25) is 0 Å². The molecule has 1 aromatic rings. The van der Waals surface area contributed by atoms with Gasteiger partial charge in [-0.3, -0.25) is 0 Å². The van der Waals surface area contributed by atoms with E-state index < -0.39 is 6.10 Å². The van der Waals surface area contributed by atoms with Crippen molar-refractivity contribution < 1.29 is 9.50 Å². The van der Waals surface area contributed by atoms with E-state index in [4.69, 9.17) is 0 Å². The molecule has 1 aliphatic heterocycles. The van der Waals surface area contributed by atoms with E-state index >= 15 is 0 Å². The van der Waals surface area contributed by atoms with E-state index in [-0.39, 0.29) is 5.82 Å². The first-order valence-electron chi connectivity index (χ1n) is 6.30. The molecule has 1 N–H and O–H groups in total. The van der Waals surface area contributed by atoms with E-state index in [9.17, 15) is 9.50 Å². The molecule has 1 fully saturated rings. The summed E-state index contributed by atoms with van der Waals surface area (Å²) in [5.74, 6) is 0.400. The molecular weight excluding hydrogens is 217 g/mol. The highest BCUT2D eigenvalue weighted by atomic mass is 19.1. The molecule has 17 heavy (non-hydrogen) atoms. The maximum Gasteiger partial charge on any atom is 0.146 e. The van der Waals surface area contributed by atoms with Gasteiger partial charge >= 0.3 is 0 Å². The molecule has 2 nitrogen and oxygen atoms in total. The Bertz CT molecular complexity index is 392. The predicted molar refractivity (Wildman–Crippen MR) is 67.6 cm³/mol. The van der Waals surface area contributed by atoms with Crippen molar-refractivity contribution in [3.63, 3.8) is 0 Å². The smallest absolute Gasteiger partial charge is 0.146 e. The highest BCUT2D eigenvalue weighted by Gasteiger charge is 2.19. The van der Waals surface area contributed by atoms with Crippen LogP contribution in [-0.2, 0) is 0 Å². The lowest BCUT2D eigenvalue weighted by atomic mass is 9.99. The number of benzene rings is 1. The zero-order valence-corrected chi connectivity index (χ0v) is 10.5. The van der Waals surface area contributed by atoms with Gasteiger partial charge in [0.05, 0.1) is 11.8 Å². The van der Waals surface area contributed by atoms with Crippen LogP contribution in [0.3, 0.4) is 0 Å². The maximum atomic E-state index is 14.0. The zero-order chi connectivity index (χ0) is 12.4. The molecule has 0 saturated carbocycles. The highest BCUT2D eigenvalue weighted by molar-refractivity contribution is 5.49. The molecule has 0 radical (unpaired) electrons. The molecular formula is C14H20FNO. The second-order valence-electron chi connectivity index (χ2n) is 5.08. The van der Waals surface area contributed by atoms with Crippen LogP contribution in [-0.4, -0.2) is 18.2 Å². The van der Waals surface area contributed by atoms with Gasteiger partial charge in [-0.15, -0.1) is 0 Å². The Morgan fingerprint density at radius 2 is 2.24 bits per heavy atom. The van der Waals surface area contributed by atoms with Crippen LogP contribution in [0.1, 0.15) is 38.4 Å². The average Bonchev–Trinajstić information content (AvgIpc) is 2.28. The summed E-state index contributed by atoms with van der Waals surface area (Å²) in [4.78, 5) is 2.11. The highest BCUT2D eigenvalue weighted by Crippen LogP contribution is 2.27. The van der Waals surface area contributed by atoms with Crippen LogP contribution < -0.4 is 4.90 Å². The Labute approximate surface area is 102 Å². The van der Waals surface area contributed by atoms with Crippen molar-refractivity contribution in [3.05, 3.63) is 29.6 Å². The Morgan fingerprint density at radius 1 is 1.47 bits per heavy atom. The second kappa shape index (κ2) is 5.05. The molecule has 1 aliphatic rings.